The molecule has 0 radical (unpaired) electrons. The maximum atomic E-state index is 14.3. The van der Waals surface area contributed by atoms with Crippen molar-refractivity contribution < 1.29 is 17.6 Å². The molecule has 0 aliphatic rings. The predicted molar refractivity (Wildman–Crippen MR) is 127 cm³/mol. The van der Waals surface area contributed by atoms with Crippen LogP contribution in [-0.2, 0) is 6.42 Å². The lowest BCUT2D eigenvalue weighted by atomic mass is 10.1. The van der Waals surface area contributed by atoms with E-state index in [2.05, 4.69) is 30.3 Å². The Morgan fingerprint density at radius 1 is 0.647 bits per heavy atom. The summed E-state index contributed by atoms with van der Waals surface area (Å²) < 4.78 is 55.0. The van der Waals surface area contributed by atoms with Gasteiger partial charge in [-0.3, -0.25) is 0 Å². The van der Waals surface area contributed by atoms with Gasteiger partial charge >= 0.3 is 0 Å². The first kappa shape index (κ1) is 22.9. The molecule has 0 spiro atoms. The minimum Gasteiger partial charge on any atom is -0.206 e. The van der Waals surface area contributed by atoms with E-state index in [0.29, 0.717) is 22.3 Å². The quantitative estimate of drug-likeness (QED) is 0.132. The second kappa shape index (κ2) is 10.1. The van der Waals surface area contributed by atoms with Crippen LogP contribution in [0.2, 0.25) is 0 Å². The van der Waals surface area contributed by atoms with E-state index in [4.69, 9.17) is 0 Å². The summed E-state index contributed by atoms with van der Waals surface area (Å²) in [6.45, 7) is 3.67. The monoisotopic (exact) mass is 454 g/mol. The molecule has 0 heterocycles. The van der Waals surface area contributed by atoms with Gasteiger partial charge in [-0.05, 0) is 78.4 Å². The standard InChI is InChI=1S/C30H18F4/c1-2-3-4-22-12-15-24(27(31)18-22)14-11-21-7-5-20(6-8-21)9-10-23-13-16-26-25(17-23)19-28(32)30(34)29(26)33/h2,5-8,12-13,15-19H,1,3-4H2. The molecular formula is C30H18F4. The Kier molecular flexibility index (Phi) is 6.81. The number of hydrogen-bond acceptors (Lipinski definition) is 0. The zero-order chi connectivity index (χ0) is 24.1. The predicted octanol–water partition coefficient (Wildman–Crippen LogP) is 7.31. The number of fused-ring (bicyclic) bond motifs is 1. The maximum Gasteiger partial charge on any atom is 0.195 e. The Morgan fingerprint density at radius 2 is 1.29 bits per heavy atom. The fourth-order valence-electron chi connectivity index (χ4n) is 3.39. The van der Waals surface area contributed by atoms with Gasteiger partial charge in [-0.1, -0.05) is 41.9 Å². The van der Waals surface area contributed by atoms with Gasteiger partial charge in [-0.15, -0.1) is 6.58 Å². The molecule has 0 aliphatic carbocycles. The van der Waals surface area contributed by atoms with E-state index in [-0.39, 0.29) is 16.6 Å². The van der Waals surface area contributed by atoms with Crippen molar-refractivity contribution in [3.05, 3.63) is 130 Å². The van der Waals surface area contributed by atoms with Crippen LogP contribution in [0.4, 0.5) is 17.6 Å². The van der Waals surface area contributed by atoms with Gasteiger partial charge in [0.1, 0.15) is 5.82 Å². The Hall–Kier alpha value is -4.28. The minimum absolute atomic E-state index is 0.00443. The minimum atomic E-state index is -1.49. The van der Waals surface area contributed by atoms with Crippen LogP contribution < -0.4 is 0 Å². The van der Waals surface area contributed by atoms with Crippen molar-refractivity contribution in [1.29, 1.82) is 0 Å². The molecule has 4 aromatic carbocycles. The third-order valence-electron chi connectivity index (χ3n) is 5.22. The molecule has 0 aliphatic heterocycles. The fourth-order valence-corrected chi connectivity index (χ4v) is 3.39. The van der Waals surface area contributed by atoms with Gasteiger partial charge in [0.2, 0.25) is 0 Å². The molecule has 34 heavy (non-hydrogen) atoms. The van der Waals surface area contributed by atoms with E-state index in [1.54, 1.807) is 42.5 Å². The summed E-state index contributed by atoms with van der Waals surface area (Å²) in [5, 5.41) is 0.227. The fraction of sp³-hybridized carbons (Fsp3) is 0.0667. The molecule has 4 aromatic rings. The van der Waals surface area contributed by atoms with Crippen LogP contribution in [0.15, 0.2) is 79.4 Å². The van der Waals surface area contributed by atoms with Crippen LogP contribution in [0, 0.1) is 47.0 Å². The first-order valence-corrected chi connectivity index (χ1v) is 10.6. The third kappa shape index (κ3) is 5.20. The number of hydrogen-bond donors (Lipinski definition) is 0. The van der Waals surface area contributed by atoms with Crippen LogP contribution in [0.1, 0.15) is 34.2 Å². The highest BCUT2D eigenvalue weighted by Crippen LogP contribution is 2.24. The van der Waals surface area contributed by atoms with E-state index in [1.807, 2.05) is 6.07 Å². The van der Waals surface area contributed by atoms with Gasteiger partial charge < -0.3 is 0 Å². The number of benzene rings is 4. The summed E-state index contributed by atoms with van der Waals surface area (Å²) in [6, 6.07) is 17.5. The third-order valence-corrected chi connectivity index (χ3v) is 5.22. The van der Waals surface area contributed by atoms with Crippen LogP contribution in [0.3, 0.4) is 0 Å². The number of allylic oxidation sites excluding steroid dienone is 1. The van der Waals surface area contributed by atoms with Gasteiger partial charge in [-0.2, -0.15) is 0 Å². The van der Waals surface area contributed by atoms with Crippen molar-refractivity contribution in [3.8, 4) is 23.7 Å². The molecule has 4 heteroatoms. The van der Waals surface area contributed by atoms with Crippen molar-refractivity contribution in [2.75, 3.05) is 0 Å². The first-order valence-electron chi connectivity index (χ1n) is 10.6. The highest BCUT2D eigenvalue weighted by molar-refractivity contribution is 5.84. The lowest BCUT2D eigenvalue weighted by molar-refractivity contribution is 0.453. The molecule has 0 N–H and O–H groups in total. The smallest absolute Gasteiger partial charge is 0.195 e. The molecule has 0 unspecified atom stereocenters. The molecule has 0 aromatic heterocycles. The normalized spacial score (nSPS) is 10.2. The van der Waals surface area contributed by atoms with Crippen molar-refractivity contribution >= 4 is 10.8 Å². The Morgan fingerprint density at radius 3 is 1.97 bits per heavy atom. The average molecular weight is 454 g/mol. The van der Waals surface area contributed by atoms with Gasteiger partial charge in [0, 0.05) is 22.1 Å². The number of rotatable bonds is 3. The largest absolute Gasteiger partial charge is 0.206 e. The topological polar surface area (TPSA) is 0 Å². The SMILES string of the molecule is C=CCCc1ccc(C#Cc2ccc(C#Cc3ccc4c(F)c(F)c(F)cc4c3)cc2)c(F)c1. The highest BCUT2D eigenvalue weighted by atomic mass is 19.2. The highest BCUT2D eigenvalue weighted by Gasteiger charge is 2.13. The molecular weight excluding hydrogens is 436 g/mol. The van der Waals surface area contributed by atoms with Crippen molar-refractivity contribution in [2.24, 2.45) is 0 Å². The van der Waals surface area contributed by atoms with E-state index in [9.17, 15) is 17.6 Å². The van der Waals surface area contributed by atoms with Crippen LogP contribution in [-0.4, -0.2) is 0 Å². The summed E-state index contributed by atoms with van der Waals surface area (Å²) in [4.78, 5) is 0. The molecule has 0 nitrogen and oxygen atoms in total. The van der Waals surface area contributed by atoms with Crippen LogP contribution in [0.5, 0.6) is 0 Å². The van der Waals surface area contributed by atoms with E-state index < -0.39 is 17.5 Å². The van der Waals surface area contributed by atoms with E-state index in [1.165, 1.54) is 18.2 Å². The van der Waals surface area contributed by atoms with Crippen molar-refractivity contribution in [1.82, 2.24) is 0 Å². The van der Waals surface area contributed by atoms with Gasteiger partial charge in [0.15, 0.2) is 17.5 Å². The summed E-state index contributed by atoms with van der Waals surface area (Å²) in [5.74, 6) is 7.40. The second-order valence-corrected chi connectivity index (χ2v) is 7.64. The average Bonchev–Trinajstić information content (AvgIpc) is 2.85. The lowest BCUT2D eigenvalue weighted by Crippen LogP contribution is -1.92. The number of aryl methyl sites for hydroxylation is 1. The summed E-state index contributed by atoms with van der Waals surface area (Å²) >= 11 is 0. The van der Waals surface area contributed by atoms with E-state index in [0.717, 1.165) is 24.5 Å². The molecule has 0 fully saturated rings. The second-order valence-electron chi connectivity index (χ2n) is 7.64. The molecule has 4 rings (SSSR count). The van der Waals surface area contributed by atoms with Gasteiger partial charge in [0.05, 0.1) is 5.56 Å². The molecule has 0 atom stereocenters. The Labute approximate surface area is 195 Å². The molecule has 0 bridgehead atoms. The molecule has 0 amide bonds. The van der Waals surface area contributed by atoms with Crippen molar-refractivity contribution in [3.63, 3.8) is 0 Å². The number of halogens is 4. The first-order chi connectivity index (χ1) is 16.4. The van der Waals surface area contributed by atoms with Crippen LogP contribution >= 0.6 is 0 Å². The zero-order valence-corrected chi connectivity index (χ0v) is 18.1. The summed E-state index contributed by atoms with van der Waals surface area (Å²) in [5.41, 5.74) is 3.18. The van der Waals surface area contributed by atoms with Crippen LogP contribution in [0.25, 0.3) is 10.8 Å². The maximum absolute atomic E-state index is 14.3. The lowest BCUT2D eigenvalue weighted by Gasteiger charge is -2.02. The summed E-state index contributed by atoms with van der Waals surface area (Å²) in [6.07, 6.45) is 3.33. The Balaban J connectivity index is 1.50. The van der Waals surface area contributed by atoms with E-state index >= 15 is 0 Å². The van der Waals surface area contributed by atoms with Gasteiger partial charge in [0.25, 0.3) is 0 Å². The molecule has 166 valence electrons. The van der Waals surface area contributed by atoms with Gasteiger partial charge in [-0.25, -0.2) is 17.6 Å². The summed E-state index contributed by atoms with van der Waals surface area (Å²) in [7, 11) is 0. The molecule has 0 saturated carbocycles. The van der Waals surface area contributed by atoms with Crippen molar-refractivity contribution in [2.45, 2.75) is 12.8 Å². The zero-order valence-electron chi connectivity index (χ0n) is 18.1. The Bertz CT molecular complexity index is 1510. The molecule has 0 saturated heterocycles.